The summed E-state index contributed by atoms with van der Waals surface area (Å²) in [5.41, 5.74) is 6.61. The Labute approximate surface area is 176 Å². The fraction of sp³-hybridized carbons (Fsp3) is 0.409. The quantitative estimate of drug-likeness (QED) is 0.531. The molecule has 30 heavy (non-hydrogen) atoms. The van der Waals surface area contributed by atoms with Crippen molar-refractivity contribution < 1.29 is 0 Å². The molecule has 0 radical (unpaired) electrons. The van der Waals surface area contributed by atoms with Crippen molar-refractivity contribution in [1.29, 1.82) is 0 Å². The SMILES string of the molecule is Cc1ccc(C(C)(C)C)cc1Cc1nc(NCCn2ccnn2)nc2ncn(C)c12. The Morgan fingerprint density at radius 2 is 1.97 bits per heavy atom. The zero-order valence-corrected chi connectivity index (χ0v) is 18.2. The van der Waals surface area contributed by atoms with E-state index in [0.29, 0.717) is 24.7 Å². The van der Waals surface area contributed by atoms with E-state index in [-0.39, 0.29) is 5.41 Å². The highest BCUT2D eigenvalue weighted by molar-refractivity contribution is 5.75. The smallest absolute Gasteiger partial charge is 0.225 e. The molecule has 4 aromatic rings. The molecule has 0 fully saturated rings. The number of benzene rings is 1. The summed E-state index contributed by atoms with van der Waals surface area (Å²) in [5, 5.41) is 11.1. The second kappa shape index (κ2) is 7.85. The van der Waals surface area contributed by atoms with E-state index < -0.39 is 0 Å². The second-order valence-electron chi connectivity index (χ2n) is 8.68. The van der Waals surface area contributed by atoms with Gasteiger partial charge in [-0.05, 0) is 29.0 Å². The first-order valence-electron chi connectivity index (χ1n) is 10.2. The lowest BCUT2D eigenvalue weighted by Gasteiger charge is -2.21. The van der Waals surface area contributed by atoms with Crippen LogP contribution in [0.3, 0.4) is 0 Å². The average Bonchev–Trinajstić information content (AvgIpc) is 3.33. The summed E-state index contributed by atoms with van der Waals surface area (Å²) in [5.74, 6) is 0.584. The molecule has 0 atom stereocenters. The second-order valence-corrected chi connectivity index (χ2v) is 8.68. The van der Waals surface area contributed by atoms with Crippen LogP contribution in [0.15, 0.2) is 36.9 Å². The summed E-state index contributed by atoms with van der Waals surface area (Å²) in [7, 11) is 1.98. The van der Waals surface area contributed by atoms with Gasteiger partial charge in [0.05, 0.1) is 24.8 Å². The molecule has 0 amide bonds. The summed E-state index contributed by atoms with van der Waals surface area (Å²) in [6.45, 7) is 10.2. The number of anilines is 1. The van der Waals surface area contributed by atoms with Gasteiger partial charge in [0.2, 0.25) is 5.95 Å². The minimum absolute atomic E-state index is 0.101. The topological polar surface area (TPSA) is 86.3 Å². The highest BCUT2D eigenvalue weighted by atomic mass is 15.4. The van der Waals surface area contributed by atoms with Crippen LogP contribution in [0.25, 0.3) is 11.2 Å². The standard InChI is InChI=1S/C22H28N8/c1-15-6-7-17(22(2,3)4)12-16(15)13-18-19-20(24-14-29(19)5)27-21(26-18)23-8-10-30-11-9-25-28-30/h6-7,9,11-12,14H,8,10,13H2,1-5H3,(H,23,26,27). The molecule has 1 aromatic carbocycles. The van der Waals surface area contributed by atoms with Crippen LogP contribution in [0.4, 0.5) is 5.95 Å². The van der Waals surface area contributed by atoms with Crippen molar-refractivity contribution >= 4 is 17.1 Å². The maximum Gasteiger partial charge on any atom is 0.225 e. The lowest BCUT2D eigenvalue weighted by atomic mass is 9.84. The number of rotatable bonds is 6. The van der Waals surface area contributed by atoms with Gasteiger partial charge >= 0.3 is 0 Å². The zero-order chi connectivity index (χ0) is 21.3. The number of nitrogens with one attached hydrogen (secondary N) is 1. The van der Waals surface area contributed by atoms with E-state index >= 15 is 0 Å². The number of imidazole rings is 1. The molecule has 3 heterocycles. The molecule has 0 saturated carbocycles. The first kappa shape index (κ1) is 20.0. The van der Waals surface area contributed by atoms with Gasteiger partial charge in [0, 0.05) is 26.2 Å². The van der Waals surface area contributed by atoms with Gasteiger partial charge in [-0.3, -0.25) is 4.68 Å². The molecule has 156 valence electrons. The highest BCUT2D eigenvalue weighted by Crippen LogP contribution is 2.27. The van der Waals surface area contributed by atoms with E-state index in [1.807, 2.05) is 17.8 Å². The Bertz CT molecular complexity index is 1150. The van der Waals surface area contributed by atoms with Crippen LogP contribution in [0, 0.1) is 6.92 Å². The van der Waals surface area contributed by atoms with E-state index in [1.54, 1.807) is 17.2 Å². The molecule has 0 aliphatic rings. The summed E-state index contributed by atoms with van der Waals surface area (Å²) in [4.78, 5) is 13.9. The van der Waals surface area contributed by atoms with Crippen LogP contribution in [-0.4, -0.2) is 41.1 Å². The Kier molecular flexibility index (Phi) is 5.24. The molecule has 8 nitrogen and oxygen atoms in total. The molecular weight excluding hydrogens is 376 g/mol. The van der Waals surface area contributed by atoms with E-state index in [9.17, 15) is 0 Å². The predicted molar refractivity (Wildman–Crippen MR) is 118 cm³/mol. The van der Waals surface area contributed by atoms with Crippen molar-refractivity contribution in [2.24, 2.45) is 7.05 Å². The molecule has 0 saturated heterocycles. The average molecular weight is 405 g/mol. The Balaban J connectivity index is 1.65. The Hall–Kier alpha value is -3.29. The molecule has 0 unspecified atom stereocenters. The third-order valence-corrected chi connectivity index (χ3v) is 5.31. The van der Waals surface area contributed by atoms with Crippen molar-refractivity contribution in [3.05, 3.63) is 59.3 Å². The zero-order valence-electron chi connectivity index (χ0n) is 18.2. The molecule has 0 aliphatic heterocycles. The van der Waals surface area contributed by atoms with Crippen molar-refractivity contribution in [2.45, 2.75) is 46.1 Å². The third-order valence-electron chi connectivity index (χ3n) is 5.31. The van der Waals surface area contributed by atoms with Crippen LogP contribution in [0.1, 0.15) is 43.2 Å². The number of hydrogen-bond donors (Lipinski definition) is 1. The van der Waals surface area contributed by atoms with Crippen molar-refractivity contribution in [1.82, 2.24) is 34.5 Å². The van der Waals surface area contributed by atoms with Crippen LogP contribution < -0.4 is 5.32 Å². The monoisotopic (exact) mass is 404 g/mol. The van der Waals surface area contributed by atoms with Gasteiger partial charge < -0.3 is 9.88 Å². The third kappa shape index (κ3) is 4.17. The molecule has 1 N–H and O–H groups in total. The minimum atomic E-state index is 0.101. The first-order valence-corrected chi connectivity index (χ1v) is 10.2. The van der Waals surface area contributed by atoms with Crippen molar-refractivity contribution in [2.75, 3.05) is 11.9 Å². The summed E-state index contributed by atoms with van der Waals surface area (Å²) in [6, 6.07) is 6.72. The van der Waals surface area contributed by atoms with Crippen molar-refractivity contribution in [3.63, 3.8) is 0 Å². The van der Waals surface area contributed by atoms with Crippen LogP contribution in [-0.2, 0) is 25.4 Å². The number of fused-ring (bicyclic) bond motifs is 1. The summed E-state index contributed by atoms with van der Waals surface area (Å²) in [6.07, 6.45) is 6.02. The molecule has 0 aliphatic carbocycles. The molecule has 0 spiro atoms. The van der Waals surface area contributed by atoms with Gasteiger partial charge in [0.15, 0.2) is 5.65 Å². The van der Waals surface area contributed by atoms with Crippen LogP contribution in [0.5, 0.6) is 0 Å². The minimum Gasteiger partial charge on any atom is -0.352 e. The number of hydrogen-bond acceptors (Lipinski definition) is 6. The molecule has 0 bridgehead atoms. The molecule has 4 rings (SSSR count). The maximum absolute atomic E-state index is 4.85. The number of aryl methyl sites for hydroxylation is 2. The molecule has 8 heteroatoms. The molecular formula is C22H28N8. The van der Waals surface area contributed by atoms with E-state index in [1.165, 1.54) is 16.7 Å². The summed E-state index contributed by atoms with van der Waals surface area (Å²) < 4.78 is 3.77. The van der Waals surface area contributed by atoms with E-state index in [4.69, 9.17) is 4.98 Å². The van der Waals surface area contributed by atoms with Crippen molar-refractivity contribution in [3.8, 4) is 0 Å². The van der Waals surface area contributed by atoms with Gasteiger partial charge in [0.25, 0.3) is 0 Å². The number of aromatic nitrogens is 7. The first-order chi connectivity index (χ1) is 14.3. The maximum atomic E-state index is 4.85. The Morgan fingerprint density at radius 1 is 1.13 bits per heavy atom. The van der Waals surface area contributed by atoms with Crippen LogP contribution >= 0.6 is 0 Å². The van der Waals surface area contributed by atoms with Gasteiger partial charge in [0.1, 0.15) is 5.52 Å². The number of nitrogens with zero attached hydrogens (tertiary/aromatic N) is 7. The van der Waals surface area contributed by atoms with Gasteiger partial charge in [-0.15, -0.1) is 5.10 Å². The van der Waals surface area contributed by atoms with Crippen LogP contribution in [0.2, 0.25) is 0 Å². The Morgan fingerprint density at radius 3 is 2.70 bits per heavy atom. The predicted octanol–water partition coefficient (Wildman–Crippen LogP) is 3.26. The normalized spacial score (nSPS) is 11.9. The largest absolute Gasteiger partial charge is 0.352 e. The lowest BCUT2D eigenvalue weighted by Crippen LogP contribution is -2.14. The fourth-order valence-electron chi connectivity index (χ4n) is 3.48. The van der Waals surface area contributed by atoms with Gasteiger partial charge in [-0.2, -0.15) is 4.98 Å². The molecule has 3 aromatic heterocycles. The lowest BCUT2D eigenvalue weighted by molar-refractivity contribution is 0.589. The van der Waals surface area contributed by atoms with E-state index in [2.05, 4.69) is 71.5 Å². The van der Waals surface area contributed by atoms with Gasteiger partial charge in [-0.25, -0.2) is 9.97 Å². The fourth-order valence-corrected chi connectivity index (χ4v) is 3.48. The van der Waals surface area contributed by atoms with Gasteiger partial charge in [-0.1, -0.05) is 44.2 Å². The highest BCUT2D eigenvalue weighted by Gasteiger charge is 2.17. The summed E-state index contributed by atoms with van der Waals surface area (Å²) >= 11 is 0. The van der Waals surface area contributed by atoms with E-state index in [0.717, 1.165) is 17.6 Å².